The molecule has 0 aliphatic heterocycles. The summed E-state index contributed by atoms with van der Waals surface area (Å²) in [7, 11) is 1.88. The summed E-state index contributed by atoms with van der Waals surface area (Å²) in [5.74, 6) is -0.866. The molecule has 3 aromatic rings. The fourth-order valence-electron chi connectivity index (χ4n) is 2.89. The molecule has 35 heavy (non-hydrogen) atoms. The predicted molar refractivity (Wildman–Crippen MR) is 132 cm³/mol. The third-order valence-electron chi connectivity index (χ3n) is 4.75. The zero-order chi connectivity index (χ0) is 25.8. The summed E-state index contributed by atoms with van der Waals surface area (Å²) in [6.07, 6.45) is -4.75. The number of nitrogens with one attached hydrogen (secondary N) is 2. The number of benzene rings is 2. The Morgan fingerprint density at radius 2 is 1.80 bits per heavy atom. The van der Waals surface area contributed by atoms with Crippen molar-refractivity contribution in [2.75, 3.05) is 24.2 Å². The first-order valence-electron chi connectivity index (χ1n) is 10.2. The van der Waals surface area contributed by atoms with Crippen molar-refractivity contribution in [2.45, 2.75) is 19.6 Å². The Hall–Kier alpha value is -3.28. The van der Waals surface area contributed by atoms with Gasteiger partial charge in [-0.25, -0.2) is 4.98 Å². The number of rotatable bonds is 7. The topological polar surface area (TPSA) is 112 Å². The SMILES string of the molecule is CCN(C)Cc1cc(Nc2cc(C(F)(F)F)nc(N=C(N)Nc3ccc(Cl)c(Cl)c3)n2)ccc1O. The van der Waals surface area contributed by atoms with Gasteiger partial charge >= 0.3 is 6.18 Å². The normalized spacial score (nSPS) is 12.2. The number of hydrogen-bond donors (Lipinski definition) is 4. The van der Waals surface area contributed by atoms with E-state index in [0.717, 1.165) is 12.6 Å². The molecule has 1 heterocycles. The molecule has 0 aliphatic rings. The summed E-state index contributed by atoms with van der Waals surface area (Å²) in [6.45, 7) is 3.15. The van der Waals surface area contributed by atoms with Crippen LogP contribution in [-0.2, 0) is 12.7 Å². The van der Waals surface area contributed by atoms with Gasteiger partial charge in [-0.05, 0) is 50.0 Å². The van der Waals surface area contributed by atoms with Crippen molar-refractivity contribution in [3.8, 4) is 5.75 Å². The van der Waals surface area contributed by atoms with Crippen molar-refractivity contribution >= 4 is 52.3 Å². The van der Waals surface area contributed by atoms with Gasteiger partial charge in [-0.15, -0.1) is 0 Å². The highest BCUT2D eigenvalue weighted by atomic mass is 35.5. The maximum atomic E-state index is 13.5. The Bertz CT molecular complexity index is 1240. The number of halogens is 5. The van der Waals surface area contributed by atoms with Gasteiger partial charge in [-0.3, -0.25) is 0 Å². The zero-order valence-electron chi connectivity index (χ0n) is 18.7. The quantitative estimate of drug-likeness (QED) is 0.175. The number of aromatic nitrogens is 2. The molecule has 0 radical (unpaired) electrons. The molecular weight excluding hydrogens is 506 g/mol. The van der Waals surface area contributed by atoms with Gasteiger partial charge in [-0.2, -0.15) is 23.1 Å². The van der Waals surface area contributed by atoms with Crippen LogP contribution in [0.3, 0.4) is 0 Å². The van der Waals surface area contributed by atoms with Crippen LogP contribution in [-0.4, -0.2) is 39.5 Å². The van der Waals surface area contributed by atoms with E-state index < -0.39 is 17.8 Å². The molecule has 0 amide bonds. The Balaban J connectivity index is 1.91. The summed E-state index contributed by atoms with van der Waals surface area (Å²) >= 11 is 11.8. The number of aliphatic imine (C=N–C) groups is 1. The van der Waals surface area contributed by atoms with Crippen molar-refractivity contribution in [1.82, 2.24) is 14.9 Å². The van der Waals surface area contributed by atoms with E-state index in [0.29, 0.717) is 28.5 Å². The smallest absolute Gasteiger partial charge is 0.433 e. The van der Waals surface area contributed by atoms with Crippen LogP contribution < -0.4 is 16.4 Å². The maximum absolute atomic E-state index is 13.5. The number of phenolic OH excluding ortho intramolecular Hbond substituents is 1. The second kappa shape index (κ2) is 11.0. The van der Waals surface area contributed by atoms with Gasteiger partial charge < -0.3 is 26.4 Å². The highest BCUT2D eigenvalue weighted by Crippen LogP contribution is 2.32. The van der Waals surface area contributed by atoms with Gasteiger partial charge in [0.05, 0.1) is 10.0 Å². The second-order valence-corrected chi connectivity index (χ2v) is 8.30. The summed E-state index contributed by atoms with van der Waals surface area (Å²) < 4.78 is 40.4. The Morgan fingerprint density at radius 3 is 2.46 bits per heavy atom. The van der Waals surface area contributed by atoms with Crippen LogP contribution in [0.1, 0.15) is 18.2 Å². The van der Waals surface area contributed by atoms with E-state index in [1.807, 2.05) is 18.9 Å². The van der Waals surface area contributed by atoms with Gasteiger partial charge in [0.2, 0.25) is 5.96 Å². The Morgan fingerprint density at radius 1 is 1.09 bits per heavy atom. The lowest BCUT2D eigenvalue weighted by Crippen LogP contribution is -2.22. The average Bonchev–Trinajstić information content (AvgIpc) is 2.77. The van der Waals surface area contributed by atoms with Crippen LogP contribution in [0.15, 0.2) is 47.5 Å². The van der Waals surface area contributed by atoms with Gasteiger partial charge in [0.25, 0.3) is 5.95 Å². The minimum atomic E-state index is -4.75. The van der Waals surface area contributed by atoms with E-state index in [2.05, 4.69) is 25.6 Å². The summed E-state index contributed by atoms with van der Waals surface area (Å²) in [4.78, 5) is 13.3. The van der Waals surface area contributed by atoms with Crippen LogP contribution in [0, 0.1) is 0 Å². The molecule has 0 saturated carbocycles. The molecule has 186 valence electrons. The number of nitrogens with two attached hydrogens (primary N) is 1. The predicted octanol–water partition coefficient (Wildman–Crippen LogP) is 5.76. The highest BCUT2D eigenvalue weighted by molar-refractivity contribution is 6.42. The summed E-state index contributed by atoms with van der Waals surface area (Å²) in [5, 5.41) is 16.2. The van der Waals surface area contributed by atoms with Crippen LogP contribution >= 0.6 is 23.2 Å². The van der Waals surface area contributed by atoms with Crippen LogP contribution in [0.25, 0.3) is 0 Å². The summed E-state index contributed by atoms with van der Waals surface area (Å²) in [6, 6.07) is 9.91. The Labute approximate surface area is 209 Å². The van der Waals surface area contributed by atoms with E-state index in [-0.39, 0.29) is 22.5 Å². The second-order valence-electron chi connectivity index (χ2n) is 7.49. The van der Waals surface area contributed by atoms with Gasteiger partial charge in [-0.1, -0.05) is 30.1 Å². The number of aromatic hydroxyl groups is 1. The molecular formula is C22H22Cl2F3N7O. The molecule has 0 saturated heterocycles. The number of hydrogen-bond acceptors (Lipinski definition) is 6. The van der Waals surface area contributed by atoms with Crippen molar-refractivity contribution < 1.29 is 18.3 Å². The number of alkyl halides is 3. The van der Waals surface area contributed by atoms with Crippen LogP contribution in [0.2, 0.25) is 10.0 Å². The molecule has 0 spiro atoms. The molecule has 2 aromatic carbocycles. The molecule has 0 aliphatic carbocycles. The van der Waals surface area contributed by atoms with E-state index in [1.165, 1.54) is 24.3 Å². The number of phenols is 1. The molecule has 0 fully saturated rings. The highest BCUT2D eigenvalue weighted by Gasteiger charge is 2.34. The molecule has 13 heteroatoms. The molecule has 0 unspecified atom stereocenters. The lowest BCUT2D eigenvalue weighted by molar-refractivity contribution is -0.141. The van der Waals surface area contributed by atoms with E-state index in [9.17, 15) is 18.3 Å². The lowest BCUT2D eigenvalue weighted by atomic mass is 10.1. The molecule has 3 rings (SSSR count). The molecule has 0 bridgehead atoms. The first-order valence-corrected chi connectivity index (χ1v) is 11.0. The van der Waals surface area contributed by atoms with Crippen LogP contribution in [0.5, 0.6) is 5.75 Å². The van der Waals surface area contributed by atoms with E-state index in [1.54, 1.807) is 12.1 Å². The standard InChI is InChI=1S/C22H22Cl2F3N7O/c1-3-34(2)11-12-8-13(5-7-17(12)35)29-19-10-18(22(25,26)27)31-21(32-19)33-20(28)30-14-4-6-15(23)16(24)9-14/h4-10,35H,3,11H2,1-2H3,(H4,28,29,30,31,32,33). The van der Waals surface area contributed by atoms with Gasteiger partial charge in [0, 0.05) is 29.5 Å². The minimum absolute atomic E-state index is 0.0703. The van der Waals surface area contributed by atoms with Gasteiger partial charge in [0.15, 0.2) is 5.69 Å². The lowest BCUT2D eigenvalue weighted by Gasteiger charge is -2.16. The van der Waals surface area contributed by atoms with E-state index in [4.69, 9.17) is 28.9 Å². The largest absolute Gasteiger partial charge is 0.508 e. The fraction of sp³-hybridized carbons (Fsp3) is 0.227. The number of guanidine groups is 1. The third kappa shape index (κ3) is 7.35. The molecule has 0 atom stereocenters. The first-order chi connectivity index (χ1) is 16.4. The fourth-order valence-corrected chi connectivity index (χ4v) is 3.19. The number of nitrogens with zero attached hydrogens (tertiary/aromatic N) is 4. The van der Waals surface area contributed by atoms with Crippen molar-refractivity contribution in [3.05, 3.63) is 63.8 Å². The zero-order valence-corrected chi connectivity index (χ0v) is 20.2. The van der Waals surface area contributed by atoms with Crippen molar-refractivity contribution in [1.29, 1.82) is 0 Å². The minimum Gasteiger partial charge on any atom is -0.508 e. The van der Waals surface area contributed by atoms with Crippen molar-refractivity contribution in [3.63, 3.8) is 0 Å². The monoisotopic (exact) mass is 527 g/mol. The van der Waals surface area contributed by atoms with Gasteiger partial charge in [0.1, 0.15) is 11.6 Å². The van der Waals surface area contributed by atoms with E-state index >= 15 is 0 Å². The first kappa shape index (κ1) is 26.3. The maximum Gasteiger partial charge on any atom is 0.433 e. The number of anilines is 3. The molecule has 1 aromatic heterocycles. The average molecular weight is 528 g/mol. The third-order valence-corrected chi connectivity index (χ3v) is 5.49. The Kier molecular flexibility index (Phi) is 8.26. The molecule has 8 nitrogen and oxygen atoms in total. The summed E-state index contributed by atoms with van der Waals surface area (Å²) in [5.41, 5.74) is 6.06. The van der Waals surface area contributed by atoms with Crippen molar-refractivity contribution in [2.24, 2.45) is 10.7 Å². The van der Waals surface area contributed by atoms with Crippen LogP contribution in [0.4, 0.5) is 36.3 Å². The molecule has 5 N–H and O–H groups in total.